The lowest BCUT2D eigenvalue weighted by Crippen LogP contribution is -2.50. The summed E-state index contributed by atoms with van der Waals surface area (Å²) in [5, 5.41) is 0. The van der Waals surface area contributed by atoms with E-state index in [1.807, 2.05) is 0 Å². The predicted molar refractivity (Wildman–Crippen MR) is 39.5 cm³/mol. The highest BCUT2D eigenvalue weighted by atomic mass is 29.2. The molecule has 0 N–H and O–H groups in total. The lowest BCUT2D eigenvalue weighted by Gasteiger charge is -2.21. The maximum Gasteiger partial charge on any atom is 0.501 e. The van der Waals surface area contributed by atoms with E-state index in [1.54, 1.807) is 28.4 Å². The predicted octanol–water partition coefficient (Wildman–Crippen LogP) is -0.373. The smallest absolute Gasteiger partial charge is 0.417 e. The topological polar surface area (TPSA) is 36.9 Å². The zero-order valence-electron chi connectivity index (χ0n) is 6.63. The van der Waals surface area contributed by atoms with Gasteiger partial charge in [0.2, 0.25) is 0 Å². The Kier molecular flexibility index (Phi) is 5.13. The van der Waals surface area contributed by atoms with Crippen molar-refractivity contribution in [2.24, 2.45) is 0 Å². The average Bonchev–Trinajstić information content (AvgIpc) is 2.01. The van der Waals surface area contributed by atoms with Gasteiger partial charge < -0.3 is 17.7 Å². The van der Waals surface area contributed by atoms with Crippen molar-refractivity contribution in [3.05, 3.63) is 0 Å². The van der Waals surface area contributed by atoms with Crippen LogP contribution in [-0.2, 0) is 17.7 Å². The zero-order chi connectivity index (χ0) is 8.04. The summed E-state index contributed by atoms with van der Waals surface area (Å²) in [6, 6.07) is 0. The molecule has 0 aliphatic heterocycles. The molecule has 0 aliphatic carbocycles. The minimum Gasteiger partial charge on any atom is -0.417 e. The molecule has 0 unspecified atom stereocenters. The van der Waals surface area contributed by atoms with Crippen molar-refractivity contribution < 1.29 is 17.7 Å². The highest BCUT2D eigenvalue weighted by molar-refractivity contribution is 7.11. The quantitative estimate of drug-likeness (QED) is 0.541. The molecule has 0 amide bonds. The number of hydrogen-bond acceptors (Lipinski definition) is 4. The summed E-state index contributed by atoms with van der Waals surface area (Å²) in [5.74, 6) is 0. The highest BCUT2D eigenvalue weighted by Crippen LogP contribution is 2.02. The van der Waals surface area contributed by atoms with Crippen molar-refractivity contribution in [2.75, 3.05) is 28.4 Å². The van der Waals surface area contributed by atoms with Crippen LogP contribution < -0.4 is 0 Å². The van der Waals surface area contributed by atoms with E-state index in [0.29, 0.717) is 0 Å². The van der Waals surface area contributed by atoms with Gasteiger partial charge in [0.05, 0.1) is 0 Å². The Morgan fingerprint density at radius 3 is 1.40 bits per heavy atom. The maximum atomic E-state index is 5.06. The third kappa shape index (κ3) is 2.48. The van der Waals surface area contributed by atoms with Crippen molar-refractivity contribution >= 4 is 17.6 Å². The van der Waals surface area contributed by atoms with Gasteiger partial charge in [0.1, 0.15) is 0 Å². The molecule has 0 bridgehead atoms. The fourth-order valence-electron chi connectivity index (χ4n) is 0.500. The summed E-state index contributed by atoms with van der Waals surface area (Å²) in [6.45, 7) is 0. The summed E-state index contributed by atoms with van der Waals surface area (Å²) in [4.78, 5) is 0. The van der Waals surface area contributed by atoms with Crippen LogP contribution in [-0.4, -0.2) is 46.0 Å². The minimum atomic E-state index is -2.41. The molecular formula is C4H12O4Si2. The summed E-state index contributed by atoms with van der Waals surface area (Å²) in [6.07, 6.45) is 0. The molecule has 0 aromatic rings. The molecule has 10 heavy (non-hydrogen) atoms. The normalized spacial score (nSPS) is 12.0. The van der Waals surface area contributed by atoms with Crippen LogP contribution in [0, 0.1) is 0 Å². The van der Waals surface area contributed by atoms with E-state index in [-0.39, 0.29) is 9.28 Å². The standard InChI is InChI=1S/C4H12O4Si2/c1-5-9-10(6-2,7-3)8-4/h1-4H3. The molecule has 6 heteroatoms. The van der Waals surface area contributed by atoms with Crippen molar-refractivity contribution in [3.63, 3.8) is 0 Å². The van der Waals surface area contributed by atoms with E-state index in [9.17, 15) is 0 Å². The van der Waals surface area contributed by atoms with Gasteiger partial charge in [-0.05, 0) is 0 Å². The van der Waals surface area contributed by atoms with Crippen molar-refractivity contribution in [1.82, 2.24) is 0 Å². The van der Waals surface area contributed by atoms with E-state index in [0.717, 1.165) is 0 Å². The molecule has 0 spiro atoms. The van der Waals surface area contributed by atoms with Crippen LogP contribution in [0.2, 0.25) is 0 Å². The fourth-order valence-corrected chi connectivity index (χ4v) is 3.00. The van der Waals surface area contributed by atoms with E-state index >= 15 is 0 Å². The molecule has 0 aromatic carbocycles. The number of hydrogen-bond donors (Lipinski definition) is 0. The summed E-state index contributed by atoms with van der Waals surface area (Å²) >= 11 is 0. The Labute approximate surface area is 64.5 Å². The second kappa shape index (κ2) is 4.99. The summed E-state index contributed by atoms with van der Waals surface area (Å²) in [5.41, 5.74) is 0. The molecule has 4 nitrogen and oxygen atoms in total. The van der Waals surface area contributed by atoms with Gasteiger partial charge in [-0.25, -0.2) is 0 Å². The van der Waals surface area contributed by atoms with Gasteiger partial charge in [-0.3, -0.25) is 0 Å². The van der Waals surface area contributed by atoms with Crippen LogP contribution in [0.3, 0.4) is 0 Å². The van der Waals surface area contributed by atoms with Gasteiger partial charge >= 0.3 is 17.6 Å². The lowest BCUT2D eigenvalue weighted by atomic mass is 11.8. The molecule has 2 radical (unpaired) electrons. The van der Waals surface area contributed by atoms with E-state index in [4.69, 9.17) is 17.7 Å². The Morgan fingerprint density at radius 1 is 0.900 bits per heavy atom. The summed E-state index contributed by atoms with van der Waals surface area (Å²) < 4.78 is 20.1. The van der Waals surface area contributed by atoms with Crippen molar-refractivity contribution in [3.8, 4) is 0 Å². The highest BCUT2D eigenvalue weighted by Gasteiger charge is 2.39. The minimum absolute atomic E-state index is 0.149. The molecular weight excluding hydrogens is 168 g/mol. The van der Waals surface area contributed by atoms with Crippen LogP contribution in [0.5, 0.6) is 0 Å². The largest absolute Gasteiger partial charge is 0.501 e. The Balaban J connectivity index is 3.87. The molecule has 0 aromatic heterocycles. The Bertz CT molecular complexity index is 77.1. The van der Waals surface area contributed by atoms with E-state index < -0.39 is 8.32 Å². The average molecular weight is 180 g/mol. The van der Waals surface area contributed by atoms with Crippen LogP contribution in [0.4, 0.5) is 0 Å². The zero-order valence-corrected chi connectivity index (χ0v) is 8.63. The van der Waals surface area contributed by atoms with Gasteiger partial charge in [0.25, 0.3) is 0 Å². The van der Waals surface area contributed by atoms with Gasteiger partial charge in [0, 0.05) is 28.4 Å². The van der Waals surface area contributed by atoms with Gasteiger partial charge in [-0.1, -0.05) is 0 Å². The third-order valence-electron chi connectivity index (χ3n) is 1.03. The first-order valence-corrected chi connectivity index (χ1v) is 6.33. The van der Waals surface area contributed by atoms with Gasteiger partial charge in [0.15, 0.2) is 0 Å². The maximum absolute atomic E-state index is 5.06. The van der Waals surface area contributed by atoms with E-state index in [1.165, 1.54) is 0 Å². The Morgan fingerprint density at radius 2 is 1.30 bits per heavy atom. The molecule has 60 valence electrons. The third-order valence-corrected chi connectivity index (χ3v) is 6.30. The molecule has 0 saturated carbocycles. The second-order valence-corrected chi connectivity index (χ2v) is 6.87. The second-order valence-electron chi connectivity index (χ2n) is 1.47. The van der Waals surface area contributed by atoms with Gasteiger partial charge in [-0.15, -0.1) is 0 Å². The Hall–Kier alpha value is 0.274. The van der Waals surface area contributed by atoms with Crippen LogP contribution in [0.25, 0.3) is 0 Å². The van der Waals surface area contributed by atoms with Crippen LogP contribution >= 0.6 is 0 Å². The van der Waals surface area contributed by atoms with E-state index in [2.05, 4.69) is 0 Å². The van der Waals surface area contributed by atoms with Crippen molar-refractivity contribution in [2.45, 2.75) is 0 Å². The molecule has 0 atom stereocenters. The summed E-state index contributed by atoms with van der Waals surface area (Å²) in [7, 11) is 4.01. The first-order valence-electron chi connectivity index (χ1n) is 2.70. The first kappa shape index (κ1) is 10.3. The van der Waals surface area contributed by atoms with Gasteiger partial charge in [-0.2, -0.15) is 0 Å². The lowest BCUT2D eigenvalue weighted by molar-refractivity contribution is 0.142. The molecule has 0 fully saturated rings. The molecule has 0 heterocycles. The SMILES string of the molecule is CO[Si][Si](OC)(OC)OC. The molecule has 0 saturated heterocycles. The first-order chi connectivity index (χ1) is 4.74. The monoisotopic (exact) mass is 180 g/mol. The van der Waals surface area contributed by atoms with Crippen molar-refractivity contribution in [1.29, 1.82) is 0 Å². The van der Waals surface area contributed by atoms with Crippen LogP contribution in [0.15, 0.2) is 0 Å². The number of rotatable bonds is 5. The van der Waals surface area contributed by atoms with Crippen LogP contribution in [0.1, 0.15) is 0 Å². The molecule has 0 rings (SSSR count). The fraction of sp³-hybridized carbons (Fsp3) is 1.00. The molecule has 0 aliphatic rings.